The first kappa shape index (κ1) is 47.8. The molecule has 14 nitrogen and oxygen atoms in total. The molecule has 5 amide bonds. The number of amides is 5. The van der Waals surface area contributed by atoms with Crippen molar-refractivity contribution in [1.29, 1.82) is 0 Å². The number of fused-ring (bicyclic) bond motifs is 2. The largest absolute Gasteiger partial charge is 0.481 e. The van der Waals surface area contributed by atoms with Crippen molar-refractivity contribution in [3.63, 3.8) is 0 Å². The molecule has 0 saturated carbocycles. The molecule has 0 atom stereocenters. The van der Waals surface area contributed by atoms with Crippen molar-refractivity contribution in [3.05, 3.63) is 128 Å². The summed E-state index contributed by atoms with van der Waals surface area (Å²) < 4.78 is 87.0. The topological polar surface area (TPSA) is 203 Å². The lowest BCUT2D eigenvalue weighted by molar-refractivity contribution is -0.138. The number of aryl methyl sites for hydroxylation is 3. The van der Waals surface area contributed by atoms with E-state index >= 15 is 0 Å². The molecule has 4 aromatic carbocycles. The second kappa shape index (κ2) is 18.5. The van der Waals surface area contributed by atoms with Gasteiger partial charge >= 0.3 is 18.3 Å². The molecular formula is C46H43F6N7O7. The summed E-state index contributed by atoms with van der Waals surface area (Å²) >= 11 is 0. The highest BCUT2D eigenvalue weighted by atomic mass is 19.4. The summed E-state index contributed by atoms with van der Waals surface area (Å²) in [6.45, 7) is 7.91. The number of nitrogens with one attached hydrogen (secondary N) is 4. The zero-order chi connectivity index (χ0) is 48.6. The Morgan fingerprint density at radius 3 is 1.76 bits per heavy atom. The highest BCUT2D eigenvalue weighted by molar-refractivity contribution is 6.36. The zero-order valence-electron chi connectivity index (χ0n) is 36.0. The Labute approximate surface area is 373 Å². The van der Waals surface area contributed by atoms with E-state index < -0.39 is 65.4 Å². The fourth-order valence-electron chi connectivity index (χ4n) is 7.93. The van der Waals surface area contributed by atoms with E-state index in [-0.39, 0.29) is 93.2 Å². The smallest absolute Gasteiger partial charge is 0.416 e. The van der Waals surface area contributed by atoms with E-state index in [1.165, 1.54) is 26.0 Å². The number of halogens is 6. The van der Waals surface area contributed by atoms with Gasteiger partial charge in [-0.1, -0.05) is 18.2 Å². The Hall–Kier alpha value is -7.64. The second-order valence-corrected chi connectivity index (χ2v) is 16.0. The number of nitrogens with two attached hydrogens (primary N) is 1. The van der Waals surface area contributed by atoms with Crippen LogP contribution in [0.3, 0.4) is 0 Å². The lowest BCUT2D eigenvalue weighted by Crippen LogP contribution is -2.39. The predicted molar refractivity (Wildman–Crippen MR) is 230 cm³/mol. The molecular weight excluding hydrogens is 877 g/mol. The van der Waals surface area contributed by atoms with E-state index in [0.717, 1.165) is 40.1 Å². The lowest BCUT2D eigenvalue weighted by atomic mass is 9.91. The van der Waals surface area contributed by atoms with E-state index in [1.807, 2.05) is 6.07 Å². The van der Waals surface area contributed by atoms with Crippen LogP contribution >= 0.6 is 0 Å². The molecule has 2 aliphatic heterocycles. The van der Waals surface area contributed by atoms with Gasteiger partial charge in [0.25, 0.3) is 11.8 Å². The third kappa shape index (κ3) is 10.3. The van der Waals surface area contributed by atoms with E-state index in [2.05, 4.69) is 21.7 Å². The average molecular weight is 920 g/mol. The van der Waals surface area contributed by atoms with Crippen molar-refractivity contribution in [2.45, 2.75) is 79.1 Å². The Balaban J connectivity index is 1.49. The van der Waals surface area contributed by atoms with E-state index in [4.69, 9.17) is 10.8 Å². The Kier molecular flexibility index (Phi) is 13.4. The number of rotatable bonds is 14. The summed E-state index contributed by atoms with van der Waals surface area (Å²) in [4.78, 5) is 78.2. The maximum absolute atomic E-state index is 14.8. The Bertz CT molecular complexity index is 2760. The summed E-state index contributed by atoms with van der Waals surface area (Å²) in [5.41, 5.74) is 14.7. The second-order valence-electron chi connectivity index (χ2n) is 16.0. The summed E-state index contributed by atoms with van der Waals surface area (Å²) in [5, 5.41) is 8.89. The van der Waals surface area contributed by atoms with Crippen LogP contribution in [0.25, 0.3) is 11.1 Å². The minimum absolute atomic E-state index is 0.00336. The number of carbonyl (C=O) groups excluding carboxylic acids is 5. The summed E-state index contributed by atoms with van der Waals surface area (Å²) in [5.74, 6) is -5.10. The minimum atomic E-state index is -4.92. The van der Waals surface area contributed by atoms with Crippen LogP contribution in [0.1, 0.15) is 89.6 Å². The number of primary amides is 1. The number of hydrogen-bond acceptors (Lipinski definition) is 8. The molecule has 0 aliphatic carbocycles. The van der Waals surface area contributed by atoms with Crippen LogP contribution in [-0.2, 0) is 47.5 Å². The van der Waals surface area contributed by atoms with Crippen molar-refractivity contribution < 1.29 is 60.2 Å². The summed E-state index contributed by atoms with van der Waals surface area (Å²) in [6.07, 6.45) is -11.2. The van der Waals surface area contributed by atoms with E-state index in [0.29, 0.717) is 16.7 Å². The molecule has 2 aliphatic rings. The number of carboxylic acid groups (broad SMARTS) is 1. The van der Waals surface area contributed by atoms with Gasteiger partial charge in [-0.15, -0.1) is 0 Å². The van der Waals surface area contributed by atoms with E-state index in [9.17, 15) is 55.1 Å². The van der Waals surface area contributed by atoms with Crippen LogP contribution in [0, 0.1) is 20.8 Å². The highest BCUT2D eigenvalue weighted by Crippen LogP contribution is 2.49. The van der Waals surface area contributed by atoms with Gasteiger partial charge in [-0.3, -0.25) is 49.4 Å². The maximum Gasteiger partial charge on any atom is 0.416 e. The maximum atomic E-state index is 14.8. The van der Waals surface area contributed by atoms with Gasteiger partial charge in [-0.2, -0.15) is 26.3 Å². The van der Waals surface area contributed by atoms with Gasteiger partial charge in [0.1, 0.15) is 6.42 Å². The number of hydrogen-bond donors (Lipinski definition) is 6. The molecule has 2 heterocycles. The molecule has 66 heavy (non-hydrogen) atoms. The van der Waals surface area contributed by atoms with Crippen LogP contribution in [0.2, 0.25) is 0 Å². The normalized spacial score (nSPS) is 15.0. The van der Waals surface area contributed by atoms with Crippen molar-refractivity contribution >= 4 is 69.4 Å². The molecule has 0 saturated heterocycles. The van der Waals surface area contributed by atoms with Crippen LogP contribution in [0.15, 0.2) is 78.1 Å². The lowest BCUT2D eigenvalue weighted by Gasteiger charge is -2.22. The SMILES string of the molecule is C/C(NNC(=O)CCCC(=O)O)=C1/C(=O)N(c2cc(C)cc(Cc3cc(C(F)(F)F)cc4c3/C(=C(\C)NNC(=O)CC(N)=O)C(=O)N4c3cc(C)cc(C)c3)c2)c2cc(C(F)(F)F)ccc21. The van der Waals surface area contributed by atoms with Crippen molar-refractivity contribution in [2.24, 2.45) is 5.73 Å². The molecule has 6 rings (SSSR count). The third-order valence-electron chi connectivity index (χ3n) is 10.6. The molecule has 0 unspecified atom stereocenters. The Morgan fingerprint density at radius 2 is 1.17 bits per heavy atom. The molecule has 20 heteroatoms. The number of anilines is 4. The number of alkyl halides is 6. The number of carbonyl (C=O) groups is 6. The van der Waals surface area contributed by atoms with Gasteiger partial charge < -0.3 is 21.7 Å². The first-order valence-electron chi connectivity index (χ1n) is 20.2. The van der Waals surface area contributed by atoms with Gasteiger partial charge in [-0.05, 0) is 124 Å². The highest BCUT2D eigenvalue weighted by Gasteiger charge is 2.42. The molecule has 0 fully saturated rings. The molecule has 7 N–H and O–H groups in total. The number of allylic oxidation sites excluding steroid dienone is 2. The molecule has 0 radical (unpaired) electrons. The number of nitrogens with zero attached hydrogens (tertiary/aromatic N) is 2. The first-order valence-corrected chi connectivity index (χ1v) is 20.2. The van der Waals surface area contributed by atoms with Crippen LogP contribution in [0.4, 0.5) is 49.1 Å². The van der Waals surface area contributed by atoms with Crippen LogP contribution in [-0.4, -0.2) is 40.6 Å². The zero-order valence-corrected chi connectivity index (χ0v) is 36.0. The molecule has 0 spiro atoms. The third-order valence-corrected chi connectivity index (χ3v) is 10.6. The number of hydrazine groups is 2. The first-order chi connectivity index (χ1) is 30.8. The van der Waals surface area contributed by atoms with Gasteiger partial charge in [0, 0.05) is 46.7 Å². The molecule has 0 bridgehead atoms. The number of carboxylic acids is 1. The van der Waals surface area contributed by atoms with Crippen molar-refractivity contribution in [2.75, 3.05) is 9.80 Å². The Morgan fingerprint density at radius 1 is 0.636 bits per heavy atom. The minimum Gasteiger partial charge on any atom is -0.481 e. The number of aliphatic carboxylic acids is 1. The van der Waals surface area contributed by atoms with Gasteiger partial charge in [0.05, 0.1) is 33.6 Å². The standard InChI is InChI=1S/C46H43F6N7O7/c1-22-11-23(2)14-31(13-22)59-35-20-30(46(50,51)52)18-28(42(35)41(44(59)66)26(5)55-57-38(62)21-36(53)60)16-27-12-24(3)15-32(17-27)58-34-19-29(45(47,48)49)9-10-33(34)40(43(58)65)25(4)54-56-37(61)7-6-8-39(63)64/h9-15,17-20,54-55H,6-8,16,21H2,1-5H3,(H2,53,60)(H,56,61)(H,57,62)(H,63,64)/b40-25-,41-26-. The monoisotopic (exact) mass is 919 g/mol. The average Bonchev–Trinajstić information content (AvgIpc) is 3.66. The van der Waals surface area contributed by atoms with Crippen molar-refractivity contribution in [3.8, 4) is 0 Å². The summed E-state index contributed by atoms with van der Waals surface area (Å²) in [6, 6.07) is 14.0. The molecule has 0 aromatic heterocycles. The van der Waals surface area contributed by atoms with Gasteiger partial charge in [0.2, 0.25) is 17.7 Å². The molecule has 4 aromatic rings. The molecule has 346 valence electrons. The summed E-state index contributed by atoms with van der Waals surface area (Å²) in [7, 11) is 0. The number of benzene rings is 4. The van der Waals surface area contributed by atoms with Crippen molar-refractivity contribution in [1.82, 2.24) is 21.7 Å². The quantitative estimate of drug-likeness (QED) is 0.0322. The fourth-order valence-corrected chi connectivity index (χ4v) is 7.93. The predicted octanol–water partition coefficient (Wildman–Crippen LogP) is 7.43. The van der Waals surface area contributed by atoms with Crippen LogP contribution < -0.4 is 37.2 Å². The van der Waals surface area contributed by atoms with Gasteiger partial charge in [0.15, 0.2) is 0 Å². The van der Waals surface area contributed by atoms with Gasteiger partial charge in [-0.25, -0.2) is 0 Å². The fraction of sp³-hybridized carbons (Fsp3) is 0.261. The van der Waals surface area contributed by atoms with Crippen LogP contribution in [0.5, 0.6) is 0 Å². The van der Waals surface area contributed by atoms with E-state index in [1.54, 1.807) is 39.0 Å².